The van der Waals surface area contributed by atoms with Crippen LogP contribution in [0.15, 0.2) is 24.3 Å². The molecule has 0 aliphatic heterocycles. The van der Waals surface area contributed by atoms with Crippen LogP contribution in [-0.4, -0.2) is 11.4 Å². The Morgan fingerprint density at radius 1 is 1.31 bits per heavy atom. The van der Waals surface area contributed by atoms with Crippen LogP contribution < -0.4 is 9.47 Å². The molecule has 16 heavy (non-hydrogen) atoms. The van der Waals surface area contributed by atoms with E-state index in [2.05, 4.69) is 20.7 Å². The lowest BCUT2D eigenvalue weighted by atomic mass is 10.3. The molecule has 0 amide bonds. The smallest absolute Gasteiger partial charge is 0.479 e. The summed E-state index contributed by atoms with van der Waals surface area (Å²) in [5, 5.41) is -0.228. The zero-order valence-corrected chi connectivity index (χ0v) is 10.0. The van der Waals surface area contributed by atoms with Gasteiger partial charge in [0.1, 0.15) is 11.5 Å². The van der Waals surface area contributed by atoms with Crippen molar-refractivity contribution in [1.82, 2.24) is 0 Å². The third-order valence-corrected chi connectivity index (χ3v) is 2.46. The number of benzene rings is 1. The summed E-state index contributed by atoms with van der Waals surface area (Å²) in [6.45, 7) is 1.88. The van der Waals surface area contributed by atoms with Gasteiger partial charge < -0.3 is 9.47 Å². The fourth-order valence-electron chi connectivity index (χ4n) is 0.976. The minimum Gasteiger partial charge on any atom is -0.479 e. The van der Waals surface area contributed by atoms with Crippen molar-refractivity contribution in [2.24, 2.45) is 0 Å². The minimum atomic E-state index is -4.68. The van der Waals surface area contributed by atoms with E-state index < -0.39 is 6.36 Å². The molecule has 0 fully saturated rings. The third kappa shape index (κ3) is 4.74. The first kappa shape index (κ1) is 13.2. The second kappa shape index (κ2) is 5.43. The first-order valence-electron chi connectivity index (χ1n) is 4.57. The van der Waals surface area contributed by atoms with Crippen LogP contribution in [0.1, 0.15) is 13.3 Å². The number of halogens is 4. The van der Waals surface area contributed by atoms with Crippen molar-refractivity contribution in [3.8, 4) is 11.5 Å². The van der Waals surface area contributed by atoms with Crippen molar-refractivity contribution < 1.29 is 22.6 Å². The van der Waals surface area contributed by atoms with E-state index in [0.29, 0.717) is 12.2 Å². The average Bonchev–Trinajstić information content (AvgIpc) is 2.15. The summed E-state index contributed by atoms with van der Waals surface area (Å²) in [4.78, 5) is 0. The summed E-state index contributed by atoms with van der Waals surface area (Å²) in [7, 11) is 0. The van der Waals surface area contributed by atoms with Crippen LogP contribution in [0, 0.1) is 0 Å². The van der Waals surface area contributed by atoms with Gasteiger partial charge in [-0.25, -0.2) is 0 Å². The van der Waals surface area contributed by atoms with Crippen LogP contribution in [-0.2, 0) is 0 Å². The largest absolute Gasteiger partial charge is 0.573 e. The molecule has 0 aliphatic rings. The Morgan fingerprint density at radius 2 is 1.94 bits per heavy atom. The lowest BCUT2D eigenvalue weighted by Crippen LogP contribution is -2.17. The molecule has 6 heteroatoms. The highest BCUT2D eigenvalue weighted by Gasteiger charge is 2.31. The molecule has 0 aliphatic carbocycles. The third-order valence-electron chi connectivity index (χ3n) is 1.62. The first-order valence-corrected chi connectivity index (χ1v) is 5.49. The van der Waals surface area contributed by atoms with E-state index in [-0.39, 0.29) is 10.8 Å². The van der Waals surface area contributed by atoms with Crippen LogP contribution in [0.2, 0.25) is 0 Å². The molecule has 0 radical (unpaired) electrons. The molecule has 0 bridgehead atoms. The van der Waals surface area contributed by atoms with Crippen LogP contribution in [0.5, 0.6) is 11.5 Å². The van der Waals surface area contributed by atoms with E-state index in [1.54, 1.807) is 6.07 Å². The van der Waals surface area contributed by atoms with Gasteiger partial charge in [-0.15, -0.1) is 13.2 Å². The fraction of sp³-hybridized carbons (Fsp3) is 0.400. The Hall–Kier alpha value is -0.910. The van der Waals surface area contributed by atoms with Crippen LogP contribution >= 0.6 is 15.9 Å². The predicted octanol–water partition coefficient (Wildman–Crippen LogP) is 4.10. The van der Waals surface area contributed by atoms with Gasteiger partial charge in [0.2, 0.25) is 0 Å². The van der Waals surface area contributed by atoms with Gasteiger partial charge in [0.05, 0.1) is 0 Å². The number of rotatable bonds is 4. The SMILES string of the molecule is CCC(Br)Oc1cccc(OC(F)(F)F)c1. The Kier molecular flexibility index (Phi) is 4.46. The molecular formula is C10H10BrF3O2. The zero-order chi connectivity index (χ0) is 12.2. The van der Waals surface area contributed by atoms with E-state index in [0.717, 1.165) is 0 Å². The highest BCUT2D eigenvalue weighted by Crippen LogP contribution is 2.27. The molecule has 1 aromatic rings. The van der Waals surface area contributed by atoms with E-state index in [4.69, 9.17) is 4.74 Å². The molecule has 0 saturated heterocycles. The van der Waals surface area contributed by atoms with E-state index in [1.165, 1.54) is 18.2 Å². The predicted molar refractivity (Wildman–Crippen MR) is 56.8 cm³/mol. The maximum absolute atomic E-state index is 11.9. The molecule has 2 nitrogen and oxygen atoms in total. The molecule has 0 N–H and O–H groups in total. The van der Waals surface area contributed by atoms with Crippen molar-refractivity contribution in [2.45, 2.75) is 24.7 Å². The van der Waals surface area contributed by atoms with Gasteiger partial charge >= 0.3 is 6.36 Å². The summed E-state index contributed by atoms with van der Waals surface area (Å²) in [6.07, 6.45) is -3.98. The number of hydrogen-bond acceptors (Lipinski definition) is 2. The standard InChI is InChI=1S/C10H10BrF3O2/c1-2-9(11)15-7-4-3-5-8(6-7)16-10(12,13)14/h3-6,9H,2H2,1H3. The summed E-state index contributed by atoms with van der Waals surface area (Å²) in [5.41, 5.74) is 0. The molecule has 0 spiro atoms. The first-order chi connectivity index (χ1) is 7.40. The van der Waals surface area contributed by atoms with Crippen molar-refractivity contribution in [3.63, 3.8) is 0 Å². The number of alkyl halides is 4. The topological polar surface area (TPSA) is 18.5 Å². The summed E-state index contributed by atoms with van der Waals surface area (Å²) < 4.78 is 44.8. The van der Waals surface area contributed by atoms with E-state index in [1.807, 2.05) is 6.92 Å². The summed E-state index contributed by atoms with van der Waals surface area (Å²) >= 11 is 3.21. The fourth-order valence-corrected chi connectivity index (χ4v) is 1.19. The second-order valence-electron chi connectivity index (χ2n) is 2.96. The highest BCUT2D eigenvalue weighted by atomic mass is 79.9. The zero-order valence-electron chi connectivity index (χ0n) is 8.42. The molecule has 0 heterocycles. The van der Waals surface area contributed by atoms with Gasteiger partial charge in [-0.2, -0.15) is 0 Å². The van der Waals surface area contributed by atoms with E-state index in [9.17, 15) is 13.2 Å². The van der Waals surface area contributed by atoms with Crippen LogP contribution in [0.25, 0.3) is 0 Å². The Morgan fingerprint density at radius 3 is 2.50 bits per heavy atom. The monoisotopic (exact) mass is 298 g/mol. The molecule has 1 rings (SSSR count). The lowest BCUT2D eigenvalue weighted by molar-refractivity contribution is -0.274. The molecular weight excluding hydrogens is 289 g/mol. The Bertz CT molecular complexity index is 341. The molecule has 90 valence electrons. The van der Waals surface area contributed by atoms with Crippen LogP contribution in [0.4, 0.5) is 13.2 Å². The number of hydrogen-bond donors (Lipinski definition) is 0. The maximum Gasteiger partial charge on any atom is 0.573 e. The van der Waals surface area contributed by atoms with Gasteiger partial charge in [-0.3, -0.25) is 0 Å². The quantitative estimate of drug-likeness (QED) is 0.779. The van der Waals surface area contributed by atoms with Crippen molar-refractivity contribution in [1.29, 1.82) is 0 Å². The van der Waals surface area contributed by atoms with Gasteiger partial charge in [0.25, 0.3) is 0 Å². The lowest BCUT2D eigenvalue weighted by Gasteiger charge is -2.13. The number of ether oxygens (including phenoxy) is 2. The second-order valence-corrected chi connectivity index (χ2v) is 3.98. The molecule has 1 aromatic carbocycles. The molecule has 0 saturated carbocycles. The molecule has 1 unspecified atom stereocenters. The van der Waals surface area contributed by atoms with Crippen molar-refractivity contribution >= 4 is 15.9 Å². The molecule has 0 aromatic heterocycles. The van der Waals surface area contributed by atoms with Crippen molar-refractivity contribution in [3.05, 3.63) is 24.3 Å². The van der Waals surface area contributed by atoms with Crippen molar-refractivity contribution in [2.75, 3.05) is 0 Å². The average molecular weight is 299 g/mol. The maximum atomic E-state index is 11.9. The summed E-state index contributed by atoms with van der Waals surface area (Å²) in [6, 6.07) is 5.41. The normalized spacial score (nSPS) is 13.3. The van der Waals surface area contributed by atoms with Gasteiger partial charge in [0.15, 0.2) is 5.01 Å². The van der Waals surface area contributed by atoms with Gasteiger partial charge in [-0.05, 0) is 34.5 Å². The van der Waals surface area contributed by atoms with Gasteiger partial charge in [-0.1, -0.05) is 13.0 Å². The Labute approximate surface area is 99.5 Å². The summed E-state index contributed by atoms with van der Waals surface area (Å²) in [5.74, 6) is 0.0336. The molecule has 1 atom stereocenters. The highest BCUT2D eigenvalue weighted by molar-refractivity contribution is 9.09. The Balaban J connectivity index is 2.71. The van der Waals surface area contributed by atoms with E-state index >= 15 is 0 Å². The van der Waals surface area contributed by atoms with Crippen LogP contribution in [0.3, 0.4) is 0 Å². The minimum absolute atomic E-state index is 0.228. The van der Waals surface area contributed by atoms with Gasteiger partial charge in [0, 0.05) is 6.07 Å².